The van der Waals surface area contributed by atoms with Crippen LogP contribution in [-0.4, -0.2) is 64.0 Å². The predicted molar refractivity (Wildman–Crippen MR) is 149 cm³/mol. The van der Waals surface area contributed by atoms with Crippen LogP contribution in [0.25, 0.3) is 0 Å². The summed E-state index contributed by atoms with van der Waals surface area (Å²) in [5, 5.41) is 25.0. The molecule has 0 aromatic heterocycles. The maximum absolute atomic E-state index is 13.7. The molecule has 212 valence electrons. The lowest BCUT2D eigenvalue weighted by Gasteiger charge is -2.32. The monoisotopic (exact) mass is 540 g/mol. The second-order valence-electron chi connectivity index (χ2n) is 10.3. The Labute approximate surface area is 229 Å². The first-order valence-corrected chi connectivity index (χ1v) is 13.1. The number of amides is 3. The number of carbonyl (C=O) groups excluding carboxylic acids is 3. The Hall–Kier alpha value is -3.92. The van der Waals surface area contributed by atoms with Crippen LogP contribution in [0.5, 0.6) is 5.75 Å². The van der Waals surface area contributed by atoms with Crippen LogP contribution in [0.3, 0.4) is 0 Å². The van der Waals surface area contributed by atoms with E-state index in [-0.39, 0.29) is 35.4 Å². The summed E-state index contributed by atoms with van der Waals surface area (Å²) in [7, 11) is 1.52. The van der Waals surface area contributed by atoms with E-state index < -0.39 is 41.7 Å². The number of phenols is 1. The van der Waals surface area contributed by atoms with Crippen molar-refractivity contribution in [3.05, 3.63) is 59.7 Å². The average Bonchev–Trinajstić information content (AvgIpc) is 2.89. The Balaban J connectivity index is 2.37. The van der Waals surface area contributed by atoms with Gasteiger partial charge in [-0.15, -0.1) is 0 Å². The average molecular weight is 541 g/mol. The third-order valence-electron chi connectivity index (χ3n) is 6.75. The fourth-order valence-electron chi connectivity index (χ4n) is 4.27. The molecule has 0 aliphatic rings. The Morgan fingerprint density at radius 1 is 0.974 bits per heavy atom. The Bertz CT molecular complexity index is 1150. The number of aromatic hydroxyl groups is 1. The minimum absolute atomic E-state index is 0.183. The summed E-state index contributed by atoms with van der Waals surface area (Å²) in [6, 6.07) is 10.2. The molecule has 2 rings (SSSR count). The van der Waals surface area contributed by atoms with Gasteiger partial charge in [-0.1, -0.05) is 70.5 Å². The van der Waals surface area contributed by atoms with E-state index in [9.17, 15) is 29.4 Å². The van der Waals surface area contributed by atoms with Gasteiger partial charge in [0.2, 0.25) is 17.7 Å². The van der Waals surface area contributed by atoms with Gasteiger partial charge in [-0.3, -0.25) is 14.4 Å². The molecule has 0 bridgehead atoms. The summed E-state index contributed by atoms with van der Waals surface area (Å²) in [6.45, 7) is 7.53. The van der Waals surface area contributed by atoms with Crippen molar-refractivity contribution in [2.75, 3.05) is 12.4 Å². The Kier molecular flexibility index (Phi) is 11.5. The SMILES string of the molecule is CCC(C)C(NC(=O)C(Cc1ccccc1)N(C)C(=O)C(N)CC(C)C)C(=O)Nc1c(O)cccc1C(=O)O. The van der Waals surface area contributed by atoms with Crippen LogP contribution in [0.2, 0.25) is 0 Å². The van der Waals surface area contributed by atoms with Crippen molar-refractivity contribution in [1.82, 2.24) is 10.2 Å². The fraction of sp³-hybridized carbons (Fsp3) is 0.448. The number of benzene rings is 2. The highest BCUT2D eigenvalue weighted by Gasteiger charge is 2.34. The first kappa shape index (κ1) is 31.3. The van der Waals surface area contributed by atoms with Crippen LogP contribution < -0.4 is 16.4 Å². The second-order valence-corrected chi connectivity index (χ2v) is 10.3. The molecule has 2 aromatic carbocycles. The highest BCUT2D eigenvalue weighted by Crippen LogP contribution is 2.28. The molecule has 6 N–H and O–H groups in total. The van der Waals surface area contributed by atoms with Crippen molar-refractivity contribution in [3.63, 3.8) is 0 Å². The molecule has 0 spiro atoms. The van der Waals surface area contributed by atoms with Gasteiger partial charge in [0.15, 0.2) is 0 Å². The van der Waals surface area contributed by atoms with Crippen LogP contribution >= 0.6 is 0 Å². The number of hydrogen-bond donors (Lipinski definition) is 5. The van der Waals surface area contributed by atoms with Gasteiger partial charge in [0.25, 0.3) is 0 Å². The van der Waals surface area contributed by atoms with E-state index in [0.29, 0.717) is 12.8 Å². The Morgan fingerprint density at radius 3 is 2.18 bits per heavy atom. The van der Waals surface area contributed by atoms with Gasteiger partial charge in [0, 0.05) is 13.5 Å². The third kappa shape index (κ3) is 8.54. The molecule has 4 unspecified atom stereocenters. The fourth-order valence-corrected chi connectivity index (χ4v) is 4.27. The number of carboxylic acid groups (broad SMARTS) is 1. The van der Waals surface area contributed by atoms with Crippen LogP contribution in [0.15, 0.2) is 48.5 Å². The minimum atomic E-state index is -1.33. The lowest BCUT2D eigenvalue weighted by Crippen LogP contribution is -2.57. The summed E-state index contributed by atoms with van der Waals surface area (Å²) in [6.07, 6.45) is 1.16. The first-order chi connectivity index (χ1) is 18.4. The number of carbonyl (C=O) groups is 4. The van der Waals surface area contributed by atoms with Gasteiger partial charge in [-0.25, -0.2) is 4.79 Å². The number of hydrogen-bond acceptors (Lipinski definition) is 6. The molecule has 10 heteroatoms. The number of nitrogens with two attached hydrogens (primary N) is 1. The second kappa shape index (κ2) is 14.3. The first-order valence-electron chi connectivity index (χ1n) is 13.1. The molecule has 0 aliphatic carbocycles. The largest absolute Gasteiger partial charge is 0.506 e. The lowest BCUT2D eigenvalue weighted by molar-refractivity contribution is -0.141. The van der Waals surface area contributed by atoms with E-state index in [0.717, 1.165) is 5.56 Å². The van der Waals surface area contributed by atoms with E-state index in [4.69, 9.17) is 5.73 Å². The van der Waals surface area contributed by atoms with Crippen molar-refractivity contribution in [2.24, 2.45) is 17.6 Å². The van der Waals surface area contributed by atoms with Gasteiger partial charge in [-0.05, 0) is 36.0 Å². The van der Waals surface area contributed by atoms with Crippen molar-refractivity contribution >= 4 is 29.4 Å². The van der Waals surface area contributed by atoms with Crippen LogP contribution in [0, 0.1) is 11.8 Å². The molecule has 10 nitrogen and oxygen atoms in total. The van der Waals surface area contributed by atoms with E-state index in [1.807, 2.05) is 51.1 Å². The van der Waals surface area contributed by atoms with Crippen molar-refractivity contribution in [2.45, 2.75) is 65.1 Å². The quantitative estimate of drug-likeness (QED) is 0.244. The number of para-hydroxylation sites is 1. The standard InChI is InChI=1S/C29H40N4O6/c1-6-18(4)24(27(36)32-25-20(29(38)39)13-10-14-23(25)34)31-26(35)22(16-19-11-8-7-9-12-19)33(5)28(37)21(30)15-17(2)3/h7-14,17-18,21-22,24,34H,6,15-16,30H2,1-5H3,(H,31,35)(H,32,36)(H,38,39). The van der Waals surface area contributed by atoms with E-state index in [1.54, 1.807) is 6.92 Å². The van der Waals surface area contributed by atoms with Gasteiger partial charge in [0.05, 0.1) is 17.3 Å². The third-order valence-corrected chi connectivity index (χ3v) is 6.75. The molecule has 3 amide bonds. The molecule has 0 fully saturated rings. The summed E-state index contributed by atoms with van der Waals surface area (Å²) in [5.41, 5.74) is 6.42. The smallest absolute Gasteiger partial charge is 0.337 e. The van der Waals surface area contributed by atoms with E-state index >= 15 is 0 Å². The molecule has 0 aliphatic heterocycles. The van der Waals surface area contributed by atoms with E-state index in [1.165, 1.54) is 30.1 Å². The van der Waals surface area contributed by atoms with Gasteiger partial charge < -0.3 is 31.5 Å². The molecule has 0 radical (unpaired) electrons. The number of carboxylic acids is 1. The zero-order valence-electron chi connectivity index (χ0n) is 23.2. The van der Waals surface area contributed by atoms with Gasteiger partial charge in [0.1, 0.15) is 17.8 Å². The molecule has 2 aromatic rings. The zero-order valence-corrected chi connectivity index (χ0v) is 23.2. The number of anilines is 1. The highest BCUT2D eigenvalue weighted by molar-refractivity contribution is 6.05. The summed E-state index contributed by atoms with van der Waals surface area (Å²) >= 11 is 0. The maximum Gasteiger partial charge on any atom is 0.337 e. The van der Waals surface area contributed by atoms with Gasteiger partial charge >= 0.3 is 5.97 Å². The van der Waals surface area contributed by atoms with Crippen LogP contribution in [0.1, 0.15) is 56.5 Å². The molecule has 39 heavy (non-hydrogen) atoms. The number of likely N-dealkylation sites (N-methyl/N-ethyl adjacent to an activating group) is 1. The van der Waals surface area contributed by atoms with Crippen LogP contribution in [-0.2, 0) is 20.8 Å². The maximum atomic E-state index is 13.7. The minimum Gasteiger partial charge on any atom is -0.506 e. The number of rotatable bonds is 13. The predicted octanol–water partition coefficient (Wildman–Crippen LogP) is 3.00. The van der Waals surface area contributed by atoms with E-state index in [2.05, 4.69) is 10.6 Å². The van der Waals surface area contributed by atoms with Crippen molar-refractivity contribution in [3.8, 4) is 5.75 Å². The molecule has 0 saturated carbocycles. The molecule has 4 atom stereocenters. The van der Waals surface area contributed by atoms with Crippen molar-refractivity contribution in [1.29, 1.82) is 0 Å². The summed E-state index contributed by atoms with van der Waals surface area (Å²) in [5.74, 6) is -3.54. The number of aromatic carboxylic acids is 1. The molecule has 0 saturated heterocycles. The topological polar surface area (TPSA) is 162 Å². The Morgan fingerprint density at radius 2 is 1.62 bits per heavy atom. The summed E-state index contributed by atoms with van der Waals surface area (Å²) in [4.78, 5) is 53.2. The number of phenolic OH excluding ortho intramolecular Hbond substituents is 1. The highest BCUT2D eigenvalue weighted by atomic mass is 16.4. The molecular formula is C29H40N4O6. The van der Waals surface area contributed by atoms with Crippen LogP contribution in [0.4, 0.5) is 5.69 Å². The zero-order chi connectivity index (χ0) is 29.3. The molecular weight excluding hydrogens is 500 g/mol. The number of nitrogens with one attached hydrogen (secondary N) is 2. The van der Waals surface area contributed by atoms with Gasteiger partial charge in [-0.2, -0.15) is 0 Å². The van der Waals surface area contributed by atoms with Crippen molar-refractivity contribution < 1.29 is 29.4 Å². The number of nitrogens with zero attached hydrogens (tertiary/aromatic N) is 1. The molecule has 0 heterocycles. The lowest BCUT2D eigenvalue weighted by atomic mass is 9.96. The summed E-state index contributed by atoms with van der Waals surface area (Å²) < 4.78 is 0. The normalized spacial score (nSPS) is 14.1.